The van der Waals surface area contributed by atoms with Crippen molar-refractivity contribution in [2.75, 3.05) is 5.32 Å². The molecule has 0 aromatic heterocycles. The minimum absolute atomic E-state index is 0.0660. The van der Waals surface area contributed by atoms with Gasteiger partial charge in [0.2, 0.25) is 5.91 Å². The van der Waals surface area contributed by atoms with Crippen molar-refractivity contribution in [1.82, 2.24) is 0 Å². The first-order chi connectivity index (χ1) is 12.2. The van der Waals surface area contributed by atoms with Gasteiger partial charge in [-0.25, -0.2) is 4.39 Å². The van der Waals surface area contributed by atoms with Gasteiger partial charge in [-0.15, -0.1) is 11.8 Å². The van der Waals surface area contributed by atoms with E-state index in [1.807, 2.05) is 27.7 Å². The van der Waals surface area contributed by atoms with Gasteiger partial charge < -0.3 is 10.1 Å². The summed E-state index contributed by atoms with van der Waals surface area (Å²) in [5.41, 5.74) is 0.0660. The molecule has 0 aliphatic carbocycles. The lowest BCUT2D eigenvalue weighted by Crippen LogP contribution is -2.23. The van der Waals surface area contributed by atoms with E-state index < -0.39 is 11.1 Å². The average Bonchev–Trinajstić information content (AvgIpc) is 2.59. The highest BCUT2D eigenvalue weighted by atomic mass is 35.5. The Balaban J connectivity index is 2.93. The molecule has 1 aromatic carbocycles. The second kappa shape index (κ2) is 10.8. The van der Waals surface area contributed by atoms with Crippen molar-refractivity contribution in [3.63, 3.8) is 0 Å². The maximum absolute atomic E-state index is 14.2. The number of hydrogen-bond donors (Lipinski definition) is 1. The van der Waals surface area contributed by atoms with Crippen molar-refractivity contribution in [2.45, 2.75) is 70.1 Å². The van der Waals surface area contributed by atoms with E-state index in [1.165, 1.54) is 17.8 Å². The second-order valence-electron chi connectivity index (χ2n) is 6.18. The maximum atomic E-state index is 14.2. The van der Waals surface area contributed by atoms with Gasteiger partial charge in [-0.1, -0.05) is 32.4 Å². The van der Waals surface area contributed by atoms with E-state index in [2.05, 4.69) is 5.32 Å². The monoisotopic (exact) mass is 403 g/mol. The fourth-order valence-corrected chi connectivity index (χ4v) is 3.40. The van der Waals surface area contributed by atoms with Gasteiger partial charge in [-0.05, 0) is 45.2 Å². The number of hydrogen-bond acceptors (Lipinski definition) is 4. The Morgan fingerprint density at radius 2 is 1.81 bits per heavy atom. The molecule has 0 aliphatic heterocycles. The zero-order valence-corrected chi connectivity index (χ0v) is 17.5. The normalized spacial score (nSPS) is 13.4. The number of ether oxygens (including phenoxy) is 1. The number of anilines is 1. The van der Waals surface area contributed by atoms with Crippen molar-refractivity contribution in [1.29, 1.82) is 0 Å². The number of esters is 1. The van der Waals surface area contributed by atoms with Crippen molar-refractivity contribution in [2.24, 2.45) is 5.92 Å². The van der Waals surface area contributed by atoms with Crippen LogP contribution in [0.4, 0.5) is 10.1 Å². The fraction of sp³-hybridized carbons (Fsp3) is 0.579. The van der Waals surface area contributed by atoms with Crippen LogP contribution in [0, 0.1) is 11.7 Å². The number of nitrogens with one attached hydrogen (secondary N) is 1. The topological polar surface area (TPSA) is 55.4 Å². The van der Waals surface area contributed by atoms with Gasteiger partial charge in [-0.3, -0.25) is 9.59 Å². The number of halogens is 2. The summed E-state index contributed by atoms with van der Waals surface area (Å²) in [7, 11) is 0. The Kier molecular flexibility index (Phi) is 9.44. The van der Waals surface area contributed by atoms with E-state index in [4.69, 9.17) is 16.3 Å². The Morgan fingerprint density at radius 3 is 2.35 bits per heavy atom. The van der Waals surface area contributed by atoms with Crippen LogP contribution in [0.15, 0.2) is 17.0 Å². The van der Waals surface area contributed by atoms with E-state index in [-0.39, 0.29) is 34.6 Å². The van der Waals surface area contributed by atoms with Crippen LogP contribution < -0.4 is 5.32 Å². The largest absolute Gasteiger partial charge is 0.462 e. The van der Waals surface area contributed by atoms with E-state index in [0.717, 1.165) is 12.5 Å². The fourth-order valence-electron chi connectivity index (χ4n) is 2.23. The lowest BCUT2D eigenvalue weighted by atomic mass is 10.0. The summed E-state index contributed by atoms with van der Waals surface area (Å²) in [6.45, 7) is 9.29. The van der Waals surface area contributed by atoms with E-state index >= 15 is 0 Å². The van der Waals surface area contributed by atoms with Crippen LogP contribution in [0.1, 0.15) is 53.9 Å². The SMILES string of the molecule is CCC(C)OC(=O)C(C)Sc1cc(NC(=O)C(CC)CC)c(F)cc1Cl. The molecule has 1 N–H and O–H groups in total. The van der Waals surface area contributed by atoms with Gasteiger partial charge in [0, 0.05) is 10.8 Å². The number of carbonyl (C=O) groups is 2. The van der Waals surface area contributed by atoms with E-state index in [1.54, 1.807) is 6.92 Å². The summed E-state index contributed by atoms with van der Waals surface area (Å²) >= 11 is 7.29. The molecule has 26 heavy (non-hydrogen) atoms. The molecule has 0 spiro atoms. The molecule has 0 heterocycles. The predicted molar refractivity (Wildman–Crippen MR) is 105 cm³/mol. The summed E-state index contributed by atoms with van der Waals surface area (Å²) in [6.07, 6.45) is 1.92. The zero-order chi connectivity index (χ0) is 19.9. The smallest absolute Gasteiger partial charge is 0.319 e. The van der Waals surface area contributed by atoms with Gasteiger partial charge in [0.15, 0.2) is 0 Å². The van der Waals surface area contributed by atoms with Crippen molar-refractivity contribution >= 4 is 40.9 Å². The Morgan fingerprint density at radius 1 is 1.19 bits per heavy atom. The van der Waals surface area contributed by atoms with Crippen molar-refractivity contribution in [3.05, 3.63) is 23.0 Å². The molecule has 2 atom stereocenters. The summed E-state index contributed by atoms with van der Waals surface area (Å²) in [5.74, 6) is -1.36. The van der Waals surface area contributed by atoms with Crippen LogP contribution in [0.2, 0.25) is 5.02 Å². The van der Waals surface area contributed by atoms with Gasteiger partial charge in [-0.2, -0.15) is 0 Å². The molecule has 0 saturated carbocycles. The number of amides is 1. The number of thioether (sulfide) groups is 1. The molecule has 0 fully saturated rings. The van der Waals surface area contributed by atoms with Crippen LogP contribution in [0.25, 0.3) is 0 Å². The Hall–Kier alpha value is -1.27. The summed E-state index contributed by atoms with van der Waals surface area (Å²) in [6, 6.07) is 2.62. The molecule has 1 amide bonds. The average molecular weight is 404 g/mol. The van der Waals surface area contributed by atoms with Crippen LogP contribution in [-0.2, 0) is 14.3 Å². The van der Waals surface area contributed by atoms with Gasteiger partial charge >= 0.3 is 5.97 Å². The number of benzene rings is 1. The molecule has 0 radical (unpaired) electrons. The highest BCUT2D eigenvalue weighted by Crippen LogP contribution is 2.35. The van der Waals surface area contributed by atoms with Crippen molar-refractivity contribution in [3.8, 4) is 0 Å². The van der Waals surface area contributed by atoms with Crippen molar-refractivity contribution < 1.29 is 18.7 Å². The van der Waals surface area contributed by atoms with Crippen LogP contribution in [0.5, 0.6) is 0 Å². The lowest BCUT2D eigenvalue weighted by Gasteiger charge is -2.17. The minimum atomic E-state index is -0.603. The summed E-state index contributed by atoms with van der Waals surface area (Å²) < 4.78 is 19.5. The molecule has 2 unspecified atom stereocenters. The van der Waals surface area contributed by atoms with Gasteiger partial charge in [0.05, 0.1) is 16.8 Å². The second-order valence-corrected chi connectivity index (χ2v) is 7.97. The molecule has 0 aliphatic rings. The third kappa shape index (κ3) is 6.47. The standard InChI is InChI=1S/C19H27ClFNO3S/c1-6-11(4)25-19(24)12(5)26-17-10-16(15(21)9-14(17)20)22-18(23)13(7-2)8-3/h9-13H,6-8H2,1-5H3,(H,22,23). The first kappa shape index (κ1) is 22.8. The summed E-state index contributed by atoms with van der Waals surface area (Å²) in [4.78, 5) is 24.8. The predicted octanol–water partition coefficient (Wildman–Crippen LogP) is 5.68. The van der Waals surface area contributed by atoms with Crippen LogP contribution >= 0.6 is 23.4 Å². The zero-order valence-electron chi connectivity index (χ0n) is 15.9. The Labute approximate surface area is 164 Å². The highest BCUT2D eigenvalue weighted by molar-refractivity contribution is 8.00. The number of rotatable bonds is 9. The van der Waals surface area contributed by atoms with Gasteiger partial charge in [0.1, 0.15) is 11.1 Å². The molecule has 1 rings (SSSR count). The Bertz CT molecular complexity index is 637. The quantitative estimate of drug-likeness (QED) is 0.426. The van der Waals surface area contributed by atoms with Gasteiger partial charge in [0.25, 0.3) is 0 Å². The van der Waals surface area contributed by atoms with E-state index in [0.29, 0.717) is 17.7 Å². The maximum Gasteiger partial charge on any atom is 0.319 e. The molecule has 7 heteroatoms. The third-order valence-corrected chi connectivity index (χ3v) is 5.73. The molecule has 146 valence electrons. The molecule has 1 aromatic rings. The molecule has 4 nitrogen and oxygen atoms in total. The number of carbonyl (C=O) groups excluding carboxylic acids is 2. The van der Waals surface area contributed by atoms with Crippen LogP contribution in [0.3, 0.4) is 0 Å². The first-order valence-corrected chi connectivity index (χ1v) is 10.2. The van der Waals surface area contributed by atoms with E-state index in [9.17, 15) is 14.0 Å². The first-order valence-electron chi connectivity index (χ1n) is 8.90. The molecule has 0 saturated heterocycles. The molecular formula is C19H27ClFNO3S. The minimum Gasteiger partial charge on any atom is -0.462 e. The summed E-state index contributed by atoms with van der Waals surface area (Å²) in [5, 5.41) is 2.31. The highest BCUT2D eigenvalue weighted by Gasteiger charge is 2.22. The molecule has 0 bridgehead atoms. The third-order valence-electron chi connectivity index (χ3n) is 4.16. The lowest BCUT2D eigenvalue weighted by molar-refractivity contribution is -0.147. The molecular weight excluding hydrogens is 377 g/mol. The van der Waals surface area contributed by atoms with Crippen LogP contribution in [-0.4, -0.2) is 23.2 Å².